The van der Waals surface area contributed by atoms with Crippen molar-refractivity contribution >= 4 is 38.8 Å². The van der Waals surface area contributed by atoms with Crippen LogP contribution in [0.15, 0.2) is 60.7 Å². The van der Waals surface area contributed by atoms with Crippen molar-refractivity contribution in [3.8, 4) is 17.2 Å². The molecule has 6 heteroatoms. The van der Waals surface area contributed by atoms with Crippen molar-refractivity contribution < 1.29 is 14.6 Å². The number of aryl methyl sites for hydroxylation is 2. The van der Waals surface area contributed by atoms with E-state index in [1.807, 2.05) is 19.1 Å². The second-order valence-corrected chi connectivity index (χ2v) is 9.42. The molecule has 0 aliphatic rings. The number of phenols is 1. The summed E-state index contributed by atoms with van der Waals surface area (Å²) in [7, 11) is 0. The van der Waals surface area contributed by atoms with Gasteiger partial charge in [0.25, 0.3) is 0 Å². The Kier molecular flexibility index (Phi) is 7.33. The van der Waals surface area contributed by atoms with Crippen molar-refractivity contribution in [3.63, 3.8) is 0 Å². The predicted octanol–water partition coefficient (Wildman–Crippen LogP) is 7.13. The minimum Gasteiger partial charge on any atom is -0.508 e. The first-order valence-electron chi connectivity index (χ1n) is 11.0. The molecule has 0 amide bonds. The van der Waals surface area contributed by atoms with Crippen molar-refractivity contribution in [1.29, 1.82) is 0 Å². The number of thiophene rings is 1. The Balaban J connectivity index is 1.66. The van der Waals surface area contributed by atoms with Crippen LogP contribution in [0.1, 0.15) is 39.7 Å². The standard InChI is InChI=1S/C27H26ClNO3S/c1-3-29-14-4-5-18-6-10-21(11-7-18)32-26-23-13-9-20(30)16-24(23)33-27(26)25(31)22-12-8-19(28)15-17(22)2/h6-13,15-16,29-30H,3-5,14H2,1-2H3. The van der Waals surface area contributed by atoms with Gasteiger partial charge < -0.3 is 15.2 Å². The Bertz CT molecular complexity index is 1280. The number of hydrogen-bond donors (Lipinski definition) is 2. The largest absolute Gasteiger partial charge is 0.508 e. The van der Waals surface area contributed by atoms with E-state index in [0.717, 1.165) is 41.6 Å². The predicted molar refractivity (Wildman–Crippen MR) is 136 cm³/mol. The molecule has 0 radical (unpaired) electrons. The lowest BCUT2D eigenvalue weighted by atomic mass is 10.0. The van der Waals surface area contributed by atoms with Gasteiger partial charge in [-0.1, -0.05) is 30.7 Å². The summed E-state index contributed by atoms with van der Waals surface area (Å²) < 4.78 is 7.07. The highest BCUT2D eigenvalue weighted by Gasteiger charge is 2.23. The molecule has 170 valence electrons. The first-order valence-corrected chi connectivity index (χ1v) is 12.2. The van der Waals surface area contributed by atoms with E-state index in [4.69, 9.17) is 16.3 Å². The fourth-order valence-electron chi connectivity index (χ4n) is 3.75. The van der Waals surface area contributed by atoms with Gasteiger partial charge in [0.05, 0.1) is 0 Å². The molecule has 0 unspecified atom stereocenters. The molecule has 33 heavy (non-hydrogen) atoms. The average Bonchev–Trinajstić information content (AvgIpc) is 3.14. The molecule has 4 nitrogen and oxygen atoms in total. The fourth-order valence-corrected chi connectivity index (χ4v) is 5.10. The molecule has 0 bridgehead atoms. The van der Waals surface area contributed by atoms with Crippen LogP contribution in [-0.4, -0.2) is 24.0 Å². The van der Waals surface area contributed by atoms with Crippen LogP contribution in [-0.2, 0) is 6.42 Å². The zero-order valence-electron chi connectivity index (χ0n) is 18.7. The van der Waals surface area contributed by atoms with Crippen molar-refractivity contribution in [2.75, 3.05) is 13.1 Å². The SMILES string of the molecule is CCNCCCc1ccc(Oc2c(C(=O)c3ccc(Cl)cc3C)sc3cc(O)ccc23)cc1. The Hall–Kier alpha value is -2.86. The molecule has 0 aliphatic heterocycles. The van der Waals surface area contributed by atoms with E-state index in [2.05, 4.69) is 24.4 Å². The summed E-state index contributed by atoms with van der Waals surface area (Å²) in [6.07, 6.45) is 2.07. The molecular formula is C27H26ClNO3S. The van der Waals surface area contributed by atoms with Crippen molar-refractivity contribution in [2.24, 2.45) is 0 Å². The van der Waals surface area contributed by atoms with Gasteiger partial charge in [-0.3, -0.25) is 4.79 Å². The molecule has 1 heterocycles. The molecule has 4 aromatic rings. The Labute approximate surface area is 202 Å². The Morgan fingerprint density at radius 2 is 1.88 bits per heavy atom. The topological polar surface area (TPSA) is 58.6 Å². The fraction of sp³-hybridized carbons (Fsp3) is 0.222. The molecule has 0 saturated carbocycles. The number of ketones is 1. The lowest BCUT2D eigenvalue weighted by molar-refractivity contribution is 0.104. The van der Waals surface area contributed by atoms with Crippen LogP contribution in [0, 0.1) is 6.92 Å². The summed E-state index contributed by atoms with van der Waals surface area (Å²) in [5, 5.41) is 14.7. The maximum atomic E-state index is 13.5. The number of benzene rings is 3. The maximum Gasteiger partial charge on any atom is 0.207 e. The zero-order chi connectivity index (χ0) is 23.4. The van der Waals surface area contributed by atoms with E-state index >= 15 is 0 Å². The molecular weight excluding hydrogens is 454 g/mol. The Morgan fingerprint density at radius 3 is 2.61 bits per heavy atom. The molecule has 0 fully saturated rings. The highest BCUT2D eigenvalue weighted by molar-refractivity contribution is 7.21. The average molecular weight is 480 g/mol. The third-order valence-corrected chi connectivity index (χ3v) is 6.85. The van der Waals surface area contributed by atoms with Crippen molar-refractivity contribution in [3.05, 3.63) is 87.3 Å². The summed E-state index contributed by atoms with van der Waals surface area (Å²) >= 11 is 7.40. The van der Waals surface area contributed by atoms with Crippen molar-refractivity contribution in [2.45, 2.75) is 26.7 Å². The second-order valence-electron chi connectivity index (χ2n) is 7.93. The normalized spacial score (nSPS) is 11.1. The van der Waals surface area contributed by atoms with Gasteiger partial charge in [0.2, 0.25) is 5.78 Å². The van der Waals surface area contributed by atoms with Crippen LogP contribution in [0.4, 0.5) is 0 Å². The summed E-state index contributed by atoms with van der Waals surface area (Å²) in [5.74, 6) is 1.20. The van der Waals surface area contributed by atoms with Crippen molar-refractivity contribution in [1.82, 2.24) is 5.32 Å². The molecule has 2 N–H and O–H groups in total. The minimum atomic E-state index is -0.125. The van der Waals surface area contributed by atoms with Crippen LogP contribution in [0.25, 0.3) is 10.1 Å². The third-order valence-electron chi connectivity index (χ3n) is 5.48. The lowest BCUT2D eigenvalue weighted by Crippen LogP contribution is -2.14. The number of carbonyl (C=O) groups is 1. The van der Waals surface area contributed by atoms with Gasteiger partial charge in [0.15, 0.2) is 5.75 Å². The highest BCUT2D eigenvalue weighted by atomic mass is 35.5. The van der Waals surface area contributed by atoms with Crippen LogP contribution in [0.2, 0.25) is 5.02 Å². The van der Waals surface area contributed by atoms with Gasteiger partial charge in [0, 0.05) is 20.7 Å². The van der Waals surface area contributed by atoms with Gasteiger partial charge in [-0.25, -0.2) is 0 Å². The van der Waals surface area contributed by atoms with Crippen LogP contribution < -0.4 is 10.1 Å². The van der Waals surface area contributed by atoms with Gasteiger partial charge in [-0.05, 0) is 92.5 Å². The van der Waals surface area contributed by atoms with E-state index in [1.165, 1.54) is 16.9 Å². The molecule has 0 aliphatic carbocycles. The number of nitrogens with one attached hydrogen (secondary N) is 1. The quantitative estimate of drug-likeness (QED) is 0.198. The number of fused-ring (bicyclic) bond motifs is 1. The third kappa shape index (κ3) is 5.38. The molecule has 3 aromatic carbocycles. The van der Waals surface area contributed by atoms with Gasteiger partial charge in [-0.2, -0.15) is 0 Å². The summed E-state index contributed by atoms with van der Waals surface area (Å²) in [5.41, 5.74) is 2.63. The molecule has 1 aromatic heterocycles. The Morgan fingerprint density at radius 1 is 1.09 bits per heavy atom. The second kappa shape index (κ2) is 10.4. The zero-order valence-corrected chi connectivity index (χ0v) is 20.2. The summed E-state index contributed by atoms with van der Waals surface area (Å²) in [4.78, 5) is 14.0. The van der Waals surface area contributed by atoms with Gasteiger partial charge in [-0.15, -0.1) is 11.3 Å². The maximum absolute atomic E-state index is 13.5. The van der Waals surface area contributed by atoms with Crippen LogP contribution >= 0.6 is 22.9 Å². The minimum absolute atomic E-state index is 0.125. The van der Waals surface area contributed by atoms with E-state index in [9.17, 15) is 9.90 Å². The number of carbonyl (C=O) groups excluding carboxylic acids is 1. The number of halogens is 1. The lowest BCUT2D eigenvalue weighted by Gasteiger charge is -2.10. The molecule has 0 saturated heterocycles. The van der Waals surface area contributed by atoms with Gasteiger partial charge >= 0.3 is 0 Å². The van der Waals surface area contributed by atoms with Gasteiger partial charge in [0.1, 0.15) is 16.4 Å². The number of ether oxygens (including phenoxy) is 1. The van der Waals surface area contributed by atoms with E-state index < -0.39 is 0 Å². The van der Waals surface area contributed by atoms with Crippen LogP contribution in [0.3, 0.4) is 0 Å². The molecule has 0 spiro atoms. The van der Waals surface area contributed by atoms with E-state index in [-0.39, 0.29) is 11.5 Å². The first kappa shape index (κ1) is 23.3. The summed E-state index contributed by atoms with van der Waals surface area (Å²) in [6, 6.07) is 18.3. The number of rotatable bonds is 9. The number of aromatic hydroxyl groups is 1. The number of phenolic OH excluding ortho intramolecular Hbond substituents is 1. The number of hydrogen-bond acceptors (Lipinski definition) is 5. The molecule has 4 rings (SSSR count). The van der Waals surface area contributed by atoms with Crippen LogP contribution in [0.5, 0.6) is 17.2 Å². The van der Waals surface area contributed by atoms with E-state index in [0.29, 0.717) is 27.0 Å². The monoisotopic (exact) mass is 479 g/mol. The first-order chi connectivity index (χ1) is 16.0. The molecule has 0 atom stereocenters. The van der Waals surface area contributed by atoms with E-state index in [1.54, 1.807) is 36.4 Å². The summed E-state index contributed by atoms with van der Waals surface area (Å²) in [6.45, 7) is 5.95. The highest BCUT2D eigenvalue weighted by Crippen LogP contribution is 2.43. The smallest absolute Gasteiger partial charge is 0.207 e.